The summed E-state index contributed by atoms with van der Waals surface area (Å²) in [6.07, 6.45) is 4.23. The van der Waals surface area contributed by atoms with Crippen molar-refractivity contribution in [2.45, 2.75) is 24.2 Å². The summed E-state index contributed by atoms with van der Waals surface area (Å²) in [5.41, 5.74) is 1.27. The van der Waals surface area contributed by atoms with E-state index in [1.54, 1.807) is 35.3 Å². The highest BCUT2D eigenvalue weighted by molar-refractivity contribution is 7.99. The first-order valence-electron chi connectivity index (χ1n) is 9.21. The predicted octanol–water partition coefficient (Wildman–Crippen LogP) is 4.31. The second-order valence-electron chi connectivity index (χ2n) is 6.66. The molecule has 29 heavy (non-hydrogen) atoms. The summed E-state index contributed by atoms with van der Waals surface area (Å²) >= 11 is 4.91. The summed E-state index contributed by atoms with van der Waals surface area (Å²) in [7, 11) is 0. The van der Waals surface area contributed by atoms with E-state index in [4.69, 9.17) is 4.42 Å². The molecule has 4 aromatic heterocycles. The number of hydrogen-bond acceptors (Lipinski definition) is 7. The minimum Gasteiger partial charge on any atom is -0.467 e. The third-order valence-electron chi connectivity index (χ3n) is 4.91. The van der Waals surface area contributed by atoms with E-state index < -0.39 is 0 Å². The highest BCUT2D eigenvalue weighted by atomic mass is 32.2. The van der Waals surface area contributed by atoms with E-state index in [9.17, 15) is 4.79 Å². The van der Waals surface area contributed by atoms with Crippen LogP contribution >= 0.6 is 34.4 Å². The molecule has 1 aliphatic heterocycles. The molecule has 1 atom stereocenters. The standard InChI is InChI=1S/C20H18N4O2S3/c25-18(12-29-20-22-21-13-23(20)11-14-3-1-8-26-14)24-7-5-16-15(6-10-28-16)19(24)17-4-2-9-27-17/h1-4,6,8-10,13,19H,5,7,11-12H2/t19-/m1/s1. The number of nitrogens with zero attached hydrogens (tertiary/aromatic N) is 4. The van der Waals surface area contributed by atoms with Crippen LogP contribution in [0.15, 0.2) is 63.3 Å². The van der Waals surface area contributed by atoms with Crippen molar-refractivity contribution in [3.63, 3.8) is 0 Å². The Bertz CT molecular complexity index is 1090. The van der Waals surface area contributed by atoms with Crippen LogP contribution in [0, 0.1) is 0 Å². The first-order valence-corrected chi connectivity index (χ1v) is 12.0. The van der Waals surface area contributed by atoms with Gasteiger partial charge in [-0.25, -0.2) is 0 Å². The van der Waals surface area contributed by atoms with Gasteiger partial charge in [0, 0.05) is 16.3 Å². The minimum atomic E-state index is 0.0130. The van der Waals surface area contributed by atoms with Crippen LogP contribution in [-0.2, 0) is 17.8 Å². The van der Waals surface area contributed by atoms with Crippen LogP contribution in [0.2, 0.25) is 0 Å². The lowest BCUT2D eigenvalue weighted by molar-refractivity contribution is -0.130. The van der Waals surface area contributed by atoms with Crippen molar-refractivity contribution in [2.75, 3.05) is 12.3 Å². The number of aromatic nitrogens is 3. The lowest BCUT2D eigenvalue weighted by Crippen LogP contribution is -2.40. The fourth-order valence-electron chi connectivity index (χ4n) is 3.58. The van der Waals surface area contributed by atoms with Gasteiger partial charge in [0.1, 0.15) is 12.1 Å². The summed E-state index contributed by atoms with van der Waals surface area (Å²) in [6.45, 7) is 1.30. The topological polar surface area (TPSA) is 64.2 Å². The third-order valence-corrected chi connectivity index (χ3v) is 7.80. The summed E-state index contributed by atoms with van der Waals surface area (Å²) in [5.74, 6) is 1.28. The van der Waals surface area contributed by atoms with Gasteiger partial charge < -0.3 is 13.9 Å². The summed E-state index contributed by atoms with van der Waals surface area (Å²) in [6, 6.07) is 10.1. The lowest BCUT2D eigenvalue weighted by Gasteiger charge is -2.35. The minimum absolute atomic E-state index is 0.0130. The van der Waals surface area contributed by atoms with Crippen LogP contribution in [0.1, 0.15) is 27.1 Å². The monoisotopic (exact) mass is 442 g/mol. The number of carbonyl (C=O) groups excluding carboxylic acids is 1. The molecule has 1 amide bonds. The van der Waals surface area contributed by atoms with Crippen molar-refractivity contribution in [3.05, 3.63) is 74.8 Å². The molecule has 0 N–H and O–H groups in total. The van der Waals surface area contributed by atoms with E-state index in [2.05, 4.69) is 39.2 Å². The number of thioether (sulfide) groups is 1. The van der Waals surface area contributed by atoms with Crippen molar-refractivity contribution in [1.82, 2.24) is 19.7 Å². The second kappa shape index (κ2) is 8.17. The van der Waals surface area contributed by atoms with E-state index in [0.717, 1.165) is 23.9 Å². The Hall–Kier alpha value is -2.36. The number of thiophene rings is 2. The van der Waals surface area contributed by atoms with Crippen molar-refractivity contribution < 1.29 is 9.21 Å². The average molecular weight is 443 g/mol. The molecule has 0 saturated carbocycles. The smallest absolute Gasteiger partial charge is 0.233 e. The van der Waals surface area contributed by atoms with Crippen LogP contribution in [0.25, 0.3) is 0 Å². The number of carbonyl (C=O) groups is 1. The molecule has 0 aliphatic carbocycles. The van der Waals surface area contributed by atoms with Crippen LogP contribution in [0.5, 0.6) is 0 Å². The number of rotatable bonds is 6. The van der Waals surface area contributed by atoms with Gasteiger partial charge in [-0.3, -0.25) is 4.79 Å². The first-order chi connectivity index (χ1) is 14.3. The largest absolute Gasteiger partial charge is 0.467 e. The highest BCUT2D eigenvalue weighted by Gasteiger charge is 2.33. The Balaban J connectivity index is 1.32. The maximum atomic E-state index is 13.2. The van der Waals surface area contributed by atoms with Gasteiger partial charge in [-0.15, -0.1) is 32.9 Å². The van der Waals surface area contributed by atoms with E-state index >= 15 is 0 Å². The summed E-state index contributed by atoms with van der Waals surface area (Å²) < 4.78 is 7.31. The van der Waals surface area contributed by atoms with Crippen molar-refractivity contribution in [1.29, 1.82) is 0 Å². The zero-order chi connectivity index (χ0) is 19.6. The maximum Gasteiger partial charge on any atom is 0.233 e. The van der Waals surface area contributed by atoms with Crippen LogP contribution in [-0.4, -0.2) is 37.9 Å². The summed E-state index contributed by atoms with van der Waals surface area (Å²) in [5, 5.41) is 13.1. The molecule has 0 bridgehead atoms. The van der Waals surface area contributed by atoms with E-state index in [1.807, 2.05) is 21.6 Å². The van der Waals surface area contributed by atoms with Gasteiger partial charge in [-0.1, -0.05) is 17.8 Å². The molecule has 0 radical (unpaired) electrons. The molecule has 148 valence electrons. The van der Waals surface area contributed by atoms with Crippen molar-refractivity contribution in [3.8, 4) is 0 Å². The third kappa shape index (κ3) is 3.77. The van der Waals surface area contributed by atoms with Crippen LogP contribution < -0.4 is 0 Å². The fourth-order valence-corrected chi connectivity index (χ4v) is 6.14. The van der Waals surface area contributed by atoms with Crippen molar-refractivity contribution in [2.24, 2.45) is 0 Å². The fraction of sp³-hybridized carbons (Fsp3) is 0.250. The van der Waals surface area contributed by atoms with Gasteiger partial charge in [0.25, 0.3) is 0 Å². The number of fused-ring (bicyclic) bond motifs is 1. The van der Waals surface area contributed by atoms with E-state index in [-0.39, 0.29) is 11.9 Å². The van der Waals surface area contributed by atoms with Gasteiger partial charge in [0.2, 0.25) is 5.91 Å². The van der Waals surface area contributed by atoms with Crippen LogP contribution in [0.4, 0.5) is 0 Å². The molecule has 1 aliphatic rings. The molecule has 6 nitrogen and oxygen atoms in total. The molecular weight excluding hydrogens is 424 g/mol. The van der Waals surface area contributed by atoms with E-state index in [1.165, 1.54) is 27.1 Å². The molecule has 0 aromatic carbocycles. The molecule has 4 aromatic rings. The predicted molar refractivity (Wildman–Crippen MR) is 114 cm³/mol. The van der Waals surface area contributed by atoms with Gasteiger partial charge in [-0.2, -0.15) is 0 Å². The molecule has 0 fully saturated rings. The lowest BCUT2D eigenvalue weighted by atomic mass is 9.98. The molecule has 0 spiro atoms. The SMILES string of the molecule is O=C(CSc1nncn1Cc1ccco1)N1CCc2sccc2[C@@H]1c1cccs1. The average Bonchev–Trinajstić information content (AvgIpc) is 3.54. The Kier molecular flexibility index (Phi) is 5.26. The van der Waals surface area contributed by atoms with Gasteiger partial charge >= 0.3 is 0 Å². The number of hydrogen-bond donors (Lipinski definition) is 0. The highest BCUT2D eigenvalue weighted by Crippen LogP contribution is 2.39. The summed E-state index contributed by atoms with van der Waals surface area (Å²) in [4.78, 5) is 17.8. The zero-order valence-corrected chi connectivity index (χ0v) is 17.9. The van der Waals surface area contributed by atoms with Crippen LogP contribution in [0.3, 0.4) is 0 Å². The molecule has 0 saturated heterocycles. The van der Waals surface area contributed by atoms with Gasteiger partial charge in [-0.05, 0) is 47.0 Å². The van der Waals surface area contributed by atoms with Gasteiger partial charge in [0.15, 0.2) is 5.16 Å². The number of furan rings is 1. The molecule has 5 rings (SSSR count). The molecule has 9 heteroatoms. The molecular formula is C20H18N4O2S3. The zero-order valence-electron chi connectivity index (χ0n) is 15.4. The first kappa shape index (κ1) is 18.7. The van der Waals surface area contributed by atoms with E-state index in [0.29, 0.717) is 12.3 Å². The van der Waals surface area contributed by atoms with Gasteiger partial charge in [0.05, 0.1) is 24.6 Å². The normalized spacial score (nSPS) is 16.1. The quantitative estimate of drug-likeness (QED) is 0.417. The maximum absolute atomic E-state index is 13.2. The molecule has 5 heterocycles. The number of amides is 1. The second-order valence-corrected chi connectivity index (χ2v) is 9.59. The Morgan fingerprint density at radius 1 is 1.24 bits per heavy atom. The Morgan fingerprint density at radius 2 is 2.21 bits per heavy atom. The van der Waals surface area contributed by atoms with Crippen molar-refractivity contribution >= 4 is 40.3 Å². The Morgan fingerprint density at radius 3 is 3.03 bits per heavy atom. The Labute approximate surface area is 180 Å². The molecule has 0 unspecified atom stereocenters.